The van der Waals surface area contributed by atoms with Crippen LogP contribution in [0.2, 0.25) is 0 Å². The minimum Gasteiger partial charge on any atom is -0.0879 e. The molecule has 122 valence electrons. The maximum Gasteiger partial charge on any atom is 0.0175 e. The van der Waals surface area contributed by atoms with E-state index in [0.29, 0.717) is 0 Å². The molecule has 0 atom stereocenters. The molecule has 0 unspecified atom stereocenters. The zero-order valence-corrected chi connectivity index (χ0v) is 15.7. The second-order valence-corrected chi connectivity index (χ2v) is 7.79. The number of hydrogen-bond acceptors (Lipinski definition) is 0. The second-order valence-electron chi connectivity index (χ2n) is 6.87. The summed E-state index contributed by atoms with van der Waals surface area (Å²) in [6.07, 6.45) is 18.8. The van der Waals surface area contributed by atoms with Crippen molar-refractivity contribution in [2.45, 2.75) is 71.1 Å². The number of aryl methyl sites for hydroxylation is 1. The topological polar surface area (TPSA) is 0 Å². The van der Waals surface area contributed by atoms with E-state index in [1.807, 2.05) is 0 Å². The van der Waals surface area contributed by atoms with Gasteiger partial charge in [-0.15, -0.1) is 0 Å². The molecule has 22 heavy (non-hydrogen) atoms. The van der Waals surface area contributed by atoms with E-state index in [1.54, 1.807) is 0 Å². The zero-order valence-electron chi connectivity index (χ0n) is 14.1. The van der Waals surface area contributed by atoms with Gasteiger partial charge in [0.1, 0.15) is 0 Å². The minimum atomic E-state index is 0.854. The van der Waals surface area contributed by atoms with Crippen LogP contribution in [0, 0.1) is 11.8 Å². The molecule has 0 aromatic heterocycles. The molecule has 0 saturated heterocycles. The van der Waals surface area contributed by atoms with E-state index in [1.165, 1.54) is 67.8 Å². The van der Waals surface area contributed by atoms with E-state index >= 15 is 0 Å². The van der Waals surface area contributed by atoms with Gasteiger partial charge in [-0.1, -0.05) is 72.8 Å². The first-order valence-electron chi connectivity index (χ1n) is 9.19. The first-order valence-corrected chi connectivity index (χ1v) is 9.98. The molecule has 0 aliphatic heterocycles. The number of hydrogen-bond donors (Lipinski definition) is 0. The van der Waals surface area contributed by atoms with Gasteiger partial charge in [-0.3, -0.25) is 0 Å². The maximum atomic E-state index is 3.49. The van der Waals surface area contributed by atoms with Gasteiger partial charge >= 0.3 is 0 Å². The Morgan fingerprint density at radius 1 is 1.05 bits per heavy atom. The molecule has 0 bridgehead atoms. The van der Waals surface area contributed by atoms with Gasteiger partial charge in [-0.2, -0.15) is 0 Å². The van der Waals surface area contributed by atoms with Crippen molar-refractivity contribution in [3.63, 3.8) is 0 Å². The summed E-state index contributed by atoms with van der Waals surface area (Å²) in [6, 6.07) is 8.72. The van der Waals surface area contributed by atoms with E-state index in [4.69, 9.17) is 0 Å². The van der Waals surface area contributed by atoms with Gasteiger partial charge in [0, 0.05) is 4.47 Å². The molecule has 1 aliphatic carbocycles. The van der Waals surface area contributed by atoms with E-state index in [-0.39, 0.29) is 0 Å². The lowest BCUT2D eigenvalue weighted by molar-refractivity contribution is 0.289. The average Bonchev–Trinajstić information content (AvgIpc) is 2.55. The van der Waals surface area contributed by atoms with Crippen LogP contribution in [-0.4, -0.2) is 0 Å². The first kappa shape index (κ1) is 17.8. The predicted octanol–water partition coefficient (Wildman–Crippen LogP) is 7.32. The Bertz CT molecular complexity index is 424. The Kier molecular flexibility index (Phi) is 8.30. The van der Waals surface area contributed by atoms with Crippen molar-refractivity contribution in [1.82, 2.24) is 0 Å². The highest BCUT2D eigenvalue weighted by Crippen LogP contribution is 2.32. The molecule has 1 aromatic rings. The van der Waals surface area contributed by atoms with Crippen LogP contribution >= 0.6 is 15.9 Å². The monoisotopic (exact) mass is 362 g/mol. The van der Waals surface area contributed by atoms with Crippen molar-refractivity contribution in [2.75, 3.05) is 0 Å². The molecule has 2 rings (SSSR count). The van der Waals surface area contributed by atoms with Crippen molar-refractivity contribution < 1.29 is 0 Å². The van der Waals surface area contributed by atoms with Crippen molar-refractivity contribution in [2.24, 2.45) is 11.8 Å². The fraction of sp³-hybridized carbons (Fsp3) is 0.619. The van der Waals surface area contributed by atoms with Crippen LogP contribution in [0.5, 0.6) is 0 Å². The third kappa shape index (κ3) is 6.69. The van der Waals surface area contributed by atoms with E-state index in [2.05, 4.69) is 59.3 Å². The predicted molar refractivity (Wildman–Crippen MR) is 101 cm³/mol. The molecule has 0 heterocycles. The molecule has 0 N–H and O–H groups in total. The lowest BCUT2D eigenvalue weighted by Crippen LogP contribution is -2.13. The number of benzene rings is 1. The molecule has 1 saturated carbocycles. The molecule has 0 nitrogen and oxygen atoms in total. The summed E-state index contributed by atoms with van der Waals surface area (Å²) in [6.45, 7) is 2.30. The van der Waals surface area contributed by atoms with Gasteiger partial charge < -0.3 is 0 Å². The highest BCUT2D eigenvalue weighted by molar-refractivity contribution is 9.10. The summed E-state index contributed by atoms with van der Waals surface area (Å²) >= 11 is 3.49. The minimum absolute atomic E-state index is 0.854. The molecular formula is C21H31Br. The van der Waals surface area contributed by atoms with Crippen LogP contribution in [0.3, 0.4) is 0 Å². The van der Waals surface area contributed by atoms with E-state index < -0.39 is 0 Å². The van der Waals surface area contributed by atoms with Gasteiger partial charge in [0.2, 0.25) is 0 Å². The summed E-state index contributed by atoms with van der Waals surface area (Å²) in [5.41, 5.74) is 1.44. The lowest BCUT2D eigenvalue weighted by Gasteiger charge is -2.26. The van der Waals surface area contributed by atoms with Crippen molar-refractivity contribution in [3.05, 3.63) is 46.5 Å². The molecule has 1 heteroatoms. The van der Waals surface area contributed by atoms with Gasteiger partial charge in [0.05, 0.1) is 0 Å². The summed E-state index contributed by atoms with van der Waals surface area (Å²) in [5, 5.41) is 0. The second kappa shape index (κ2) is 10.3. The van der Waals surface area contributed by atoms with Crippen molar-refractivity contribution >= 4 is 15.9 Å². The van der Waals surface area contributed by atoms with Crippen LogP contribution in [0.15, 0.2) is 40.9 Å². The number of unbranched alkanes of at least 4 members (excludes halogenated alkanes) is 2. The van der Waals surface area contributed by atoms with Crippen LogP contribution < -0.4 is 0 Å². The normalized spacial score (nSPS) is 22.3. The van der Waals surface area contributed by atoms with Crippen LogP contribution in [0.1, 0.15) is 70.3 Å². The number of halogens is 1. The molecule has 1 aliphatic rings. The SMILES string of the molecule is CCCCC[C@H]1CC[C@H](C=CCCc2ccc(Br)cc2)CC1. The highest BCUT2D eigenvalue weighted by atomic mass is 79.9. The average molecular weight is 363 g/mol. The highest BCUT2D eigenvalue weighted by Gasteiger charge is 2.18. The van der Waals surface area contributed by atoms with Gasteiger partial charge in [-0.25, -0.2) is 0 Å². The molecule has 0 radical (unpaired) electrons. The smallest absolute Gasteiger partial charge is 0.0175 e. The fourth-order valence-corrected chi connectivity index (χ4v) is 3.81. The Labute approximate surface area is 145 Å². The Morgan fingerprint density at radius 2 is 1.77 bits per heavy atom. The van der Waals surface area contributed by atoms with Crippen LogP contribution in [0.25, 0.3) is 0 Å². The van der Waals surface area contributed by atoms with Gasteiger partial charge in [-0.05, 0) is 68.1 Å². The Morgan fingerprint density at radius 3 is 2.45 bits per heavy atom. The molecule has 0 amide bonds. The quantitative estimate of drug-likeness (QED) is 0.335. The van der Waals surface area contributed by atoms with E-state index in [0.717, 1.165) is 18.3 Å². The first-order chi connectivity index (χ1) is 10.8. The molecule has 0 spiro atoms. The molecule has 1 aromatic carbocycles. The van der Waals surface area contributed by atoms with Gasteiger partial charge in [0.25, 0.3) is 0 Å². The lowest BCUT2D eigenvalue weighted by atomic mass is 9.79. The number of allylic oxidation sites excluding steroid dienone is 2. The van der Waals surface area contributed by atoms with E-state index in [9.17, 15) is 0 Å². The summed E-state index contributed by atoms with van der Waals surface area (Å²) in [5.74, 6) is 1.88. The van der Waals surface area contributed by atoms with Crippen molar-refractivity contribution in [3.8, 4) is 0 Å². The molecule has 1 fully saturated rings. The third-order valence-electron chi connectivity index (χ3n) is 5.03. The van der Waals surface area contributed by atoms with Gasteiger partial charge in [0.15, 0.2) is 0 Å². The fourth-order valence-electron chi connectivity index (χ4n) is 3.54. The molecular weight excluding hydrogens is 332 g/mol. The van der Waals surface area contributed by atoms with Crippen LogP contribution in [0.4, 0.5) is 0 Å². The standard InChI is InChI=1S/C21H31Br/c1-2-3-4-7-18-10-12-19(13-11-18)8-5-6-9-20-14-16-21(22)17-15-20/h5,8,14-19H,2-4,6-7,9-13H2,1H3/t18-,19-. The Balaban J connectivity index is 1.60. The summed E-state index contributed by atoms with van der Waals surface area (Å²) in [7, 11) is 0. The zero-order chi connectivity index (χ0) is 15.6. The number of rotatable bonds is 8. The van der Waals surface area contributed by atoms with Crippen LogP contribution in [-0.2, 0) is 6.42 Å². The maximum absolute atomic E-state index is 3.49. The Hall–Kier alpha value is -0.560. The largest absolute Gasteiger partial charge is 0.0879 e. The summed E-state index contributed by atoms with van der Waals surface area (Å²) in [4.78, 5) is 0. The third-order valence-corrected chi connectivity index (χ3v) is 5.56. The summed E-state index contributed by atoms with van der Waals surface area (Å²) < 4.78 is 1.17. The van der Waals surface area contributed by atoms with Crippen molar-refractivity contribution in [1.29, 1.82) is 0 Å².